The Kier molecular flexibility index (Phi) is 5.50. The smallest absolute Gasteiger partial charge is 0.315 e. The number of rotatable bonds is 5. The molecule has 1 aromatic heterocycles. The lowest BCUT2D eigenvalue weighted by atomic mass is 10.0. The number of urea groups is 1. The number of benzene rings is 1. The average Bonchev–Trinajstić information content (AvgIpc) is 3.16. The minimum absolute atomic E-state index is 0.105. The molecule has 6 heteroatoms. The van der Waals surface area contributed by atoms with Gasteiger partial charge < -0.3 is 20.5 Å². The summed E-state index contributed by atoms with van der Waals surface area (Å²) < 4.78 is 5.17. The fourth-order valence-electron chi connectivity index (χ4n) is 2.85. The van der Waals surface area contributed by atoms with E-state index in [1.54, 1.807) is 11.3 Å². The number of amides is 2. The molecule has 3 rings (SSSR count). The summed E-state index contributed by atoms with van der Waals surface area (Å²) >= 11 is 1.65. The third-order valence-electron chi connectivity index (χ3n) is 4.17. The van der Waals surface area contributed by atoms with Gasteiger partial charge in [0.2, 0.25) is 0 Å². The molecule has 3 N–H and O–H groups in total. The van der Waals surface area contributed by atoms with E-state index in [0.717, 1.165) is 11.3 Å². The van der Waals surface area contributed by atoms with Crippen molar-refractivity contribution in [1.29, 1.82) is 0 Å². The van der Waals surface area contributed by atoms with Crippen LogP contribution in [0.25, 0.3) is 0 Å². The molecule has 2 amide bonds. The molecular formula is C18H22N2O3S. The minimum Gasteiger partial charge on any atom is -0.388 e. The molecule has 0 bridgehead atoms. The van der Waals surface area contributed by atoms with E-state index in [9.17, 15) is 9.90 Å². The van der Waals surface area contributed by atoms with Crippen LogP contribution in [0.4, 0.5) is 4.79 Å². The molecule has 2 heterocycles. The summed E-state index contributed by atoms with van der Waals surface area (Å²) in [4.78, 5) is 13.5. The Labute approximate surface area is 145 Å². The van der Waals surface area contributed by atoms with Crippen molar-refractivity contribution in [3.8, 4) is 0 Å². The first-order valence-electron chi connectivity index (χ1n) is 8.04. The molecule has 1 saturated heterocycles. The van der Waals surface area contributed by atoms with Crippen molar-refractivity contribution in [1.82, 2.24) is 10.6 Å². The highest BCUT2D eigenvalue weighted by Gasteiger charge is 2.28. The van der Waals surface area contributed by atoms with Crippen LogP contribution in [0.2, 0.25) is 0 Å². The summed E-state index contributed by atoms with van der Waals surface area (Å²) in [6, 6.07) is 11.4. The second kappa shape index (κ2) is 7.79. The number of nitrogens with one attached hydrogen (secondary N) is 2. The molecule has 0 unspecified atom stereocenters. The Bertz CT molecular complexity index is 674. The molecular weight excluding hydrogens is 324 g/mol. The highest BCUT2D eigenvalue weighted by Crippen LogP contribution is 2.27. The molecule has 1 aliphatic rings. The Morgan fingerprint density at radius 2 is 2.12 bits per heavy atom. The van der Waals surface area contributed by atoms with E-state index in [0.29, 0.717) is 6.61 Å². The van der Waals surface area contributed by atoms with Crippen LogP contribution in [0, 0.1) is 6.92 Å². The fraction of sp³-hybridized carbons (Fsp3) is 0.389. The largest absolute Gasteiger partial charge is 0.388 e. The van der Waals surface area contributed by atoms with Gasteiger partial charge in [0.25, 0.3) is 0 Å². The van der Waals surface area contributed by atoms with Crippen LogP contribution < -0.4 is 10.6 Å². The van der Waals surface area contributed by atoms with Gasteiger partial charge in [0, 0.05) is 4.88 Å². The lowest BCUT2D eigenvalue weighted by molar-refractivity contribution is 0.122. The highest BCUT2D eigenvalue weighted by molar-refractivity contribution is 7.10. The summed E-state index contributed by atoms with van der Waals surface area (Å²) in [7, 11) is 0. The van der Waals surface area contributed by atoms with E-state index in [-0.39, 0.29) is 24.7 Å². The monoisotopic (exact) mass is 346 g/mol. The number of thiophene rings is 1. The standard InChI is InChI=1S/C18H22N2O3S/c1-12-7-8-24-17(12)14(9-13-5-3-2-4-6-13)19-18(22)20-15-10-23-11-16(15)21/h2-8,14-16,21H,9-11H2,1H3,(H2,19,20,22)/t14-,15+,16-/m0/s1. The maximum absolute atomic E-state index is 12.4. The quantitative estimate of drug-likeness (QED) is 0.778. The van der Waals surface area contributed by atoms with Crippen molar-refractivity contribution in [3.05, 3.63) is 57.8 Å². The fourth-order valence-corrected chi connectivity index (χ4v) is 3.83. The van der Waals surface area contributed by atoms with Crippen molar-refractivity contribution >= 4 is 17.4 Å². The van der Waals surface area contributed by atoms with Crippen LogP contribution in [0.5, 0.6) is 0 Å². The highest BCUT2D eigenvalue weighted by atomic mass is 32.1. The van der Waals surface area contributed by atoms with Crippen LogP contribution in [0.1, 0.15) is 22.0 Å². The van der Waals surface area contributed by atoms with Crippen molar-refractivity contribution in [2.24, 2.45) is 0 Å². The molecule has 3 atom stereocenters. The third kappa shape index (κ3) is 4.14. The number of hydrogen-bond acceptors (Lipinski definition) is 4. The second-order valence-electron chi connectivity index (χ2n) is 6.04. The molecule has 128 valence electrons. The van der Waals surface area contributed by atoms with Crippen LogP contribution in [-0.2, 0) is 11.2 Å². The summed E-state index contributed by atoms with van der Waals surface area (Å²) in [6.45, 7) is 2.66. The van der Waals surface area contributed by atoms with Gasteiger partial charge >= 0.3 is 6.03 Å². The SMILES string of the molecule is Cc1ccsc1[C@H](Cc1ccccc1)NC(=O)N[C@@H]1COC[C@@H]1O. The van der Waals surface area contributed by atoms with Crippen LogP contribution in [-0.4, -0.2) is 36.5 Å². The topological polar surface area (TPSA) is 70.6 Å². The molecule has 2 aromatic rings. The molecule has 1 aromatic carbocycles. The number of aliphatic hydroxyl groups excluding tert-OH is 1. The average molecular weight is 346 g/mol. The predicted octanol–water partition coefficient (Wildman–Crippen LogP) is 2.40. The summed E-state index contributed by atoms with van der Waals surface area (Å²) in [6.07, 6.45) is 0.0751. The van der Waals surface area contributed by atoms with Crippen LogP contribution in [0.15, 0.2) is 41.8 Å². The zero-order valence-corrected chi connectivity index (χ0v) is 14.4. The predicted molar refractivity (Wildman–Crippen MR) is 94.2 cm³/mol. The molecule has 0 aliphatic carbocycles. The zero-order chi connectivity index (χ0) is 16.9. The number of carbonyl (C=O) groups excluding carboxylic acids is 1. The number of carbonyl (C=O) groups is 1. The number of hydrogen-bond donors (Lipinski definition) is 3. The Hall–Kier alpha value is -1.89. The zero-order valence-electron chi connectivity index (χ0n) is 13.6. The Balaban J connectivity index is 1.70. The minimum atomic E-state index is -0.646. The van der Waals surface area contributed by atoms with E-state index < -0.39 is 6.10 Å². The van der Waals surface area contributed by atoms with Crippen LogP contribution >= 0.6 is 11.3 Å². The molecule has 0 radical (unpaired) electrons. The summed E-state index contributed by atoms with van der Waals surface area (Å²) in [5, 5.41) is 17.7. The molecule has 0 spiro atoms. The molecule has 1 fully saturated rings. The Morgan fingerprint density at radius 3 is 2.75 bits per heavy atom. The van der Waals surface area contributed by atoms with Gasteiger partial charge in [-0.1, -0.05) is 30.3 Å². The van der Waals surface area contributed by atoms with Crippen molar-refractivity contribution < 1.29 is 14.6 Å². The lowest BCUT2D eigenvalue weighted by Crippen LogP contribution is -2.48. The summed E-state index contributed by atoms with van der Waals surface area (Å²) in [5.41, 5.74) is 2.34. The van der Waals surface area contributed by atoms with Gasteiger partial charge in [0.1, 0.15) is 0 Å². The van der Waals surface area contributed by atoms with Crippen LogP contribution in [0.3, 0.4) is 0 Å². The van der Waals surface area contributed by atoms with Gasteiger partial charge in [-0.15, -0.1) is 11.3 Å². The molecule has 24 heavy (non-hydrogen) atoms. The van der Waals surface area contributed by atoms with E-state index in [1.807, 2.05) is 23.6 Å². The normalized spacial score (nSPS) is 21.4. The first kappa shape index (κ1) is 17.0. The molecule has 5 nitrogen and oxygen atoms in total. The van der Waals surface area contributed by atoms with Gasteiger partial charge in [0.15, 0.2) is 0 Å². The summed E-state index contributed by atoms with van der Waals surface area (Å²) in [5.74, 6) is 0. The number of aryl methyl sites for hydroxylation is 1. The number of aliphatic hydroxyl groups is 1. The van der Waals surface area contributed by atoms with Gasteiger partial charge in [0.05, 0.1) is 31.4 Å². The number of ether oxygens (including phenoxy) is 1. The molecule has 0 saturated carbocycles. The van der Waals surface area contributed by atoms with Gasteiger partial charge in [-0.05, 0) is 35.9 Å². The van der Waals surface area contributed by atoms with Crippen molar-refractivity contribution in [3.63, 3.8) is 0 Å². The first-order valence-corrected chi connectivity index (χ1v) is 8.92. The van der Waals surface area contributed by atoms with E-state index in [1.165, 1.54) is 11.1 Å². The third-order valence-corrected chi connectivity index (χ3v) is 5.31. The Morgan fingerprint density at radius 1 is 1.33 bits per heavy atom. The van der Waals surface area contributed by atoms with E-state index >= 15 is 0 Å². The second-order valence-corrected chi connectivity index (χ2v) is 6.99. The van der Waals surface area contributed by atoms with Crippen molar-refractivity contribution in [2.75, 3.05) is 13.2 Å². The maximum Gasteiger partial charge on any atom is 0.315 e. The van der Waals surface area contributed by atoms with Gasteiger partial charge in [-0.3, -0.25) is 0 Å². The van der Waals surface area contributed by atoms with E-state index in [2.05, 4.69) is 35.8 Å². The van der Waals surface area contributed by atoms with E-state index in [4.69, 9.17) is 4.74 Å². The maximum atomic E-state index is 12.4. The van der Waals surface area contributed by atoms with Crippen molar-refractivity contribution in [2.45, 2.75) is 31.5 Å². The van der Waals surface area contributed by atoms with Gasteiger partial charge in [-0.2, -0.15) is 0 Å². The lowest BCUT2D eigenvalue weighted by Gasteiger charge is -2.21. The molecule has 1 aliphatic heterocycles. The van der Waals surface area contributed by atoms with Gasteiger partial charge in [-0.25, -0.2) is 4.79 Å². The first-order chi connectivity index (χ1) is 11.6.